The van der Waals surface area contributed by atoms with Crippen molar-refractivity contribution in [3.63, 3.8) is 0 Å². The molecule has 1 fully saturated rings. The summed E-state index contributed by atoms with van der Waals surface area (Å²) in [6, 6.07) is 8.09. The molecule has 5 rings (SSSR count). The average molecular weight is 494 g/mol. The van der Waals surface area contributed by atoms with Gasteiger partial charge in [-0.15, -0.1) is 10.2 Å². The number of aromatic nitrogens is 6. The minimum absolute atomic E-state index is 0.254. The second kappa shape index (κ2) is 9.27. The summed E-state index contributed by atoms with van der Waals surface area (Å²) in [5.74, 6) is 2.51. The van der Waals surface area contributed by atoms with Crippen molar-refractivity contribution >= 4 is 40.5 Å². The number of piperidine rings is 1. The van der Waals surface area contributed by atoms with Crippen LogP contribution in [0.3, 0.4) is 0 Å². The summed E-state index contributed by atoms with van der Waals surface area (Å²) in [6.07, 6.45) is 7.20. The normalized spacial score (nSPS) is 14.9. The Morgan fingerprint density at radius 1 is 1.09 bits per heavy atom. The van der Waals surface area contributed by atoms with Gasteiger partial charge in [0, 0.05) is 43.3 Å². The third kappa shape index (κ3) is 5.13. The minimum Gasteiger partial charge on any atom is -0.382 e. The molecule has 0 amide bonds. The van der Waals surface area contributed by atoms with Crippen molar-refractivity contribution in [2.24, 2.45) is 0 Å². The quantitative estimate of drug-likeness (QED) is 0.367. The van der Waals surface area contributed by atoms with Gasteiger partial charge >= 0.3 is 0 Å². The Morgan fingerprint density at radius 2 is 1.89 bits per heavy atom. The van der Waals surface area contributed by atoms with Gasteiger partial charge in [-0.05, 0) is 51.3 Å². The summed E-state index contributed by atoms with van der Waals surface area (Å²) in [6.45, 7) is 7.21. The smallest absolute Gasteiger partial charge is 0.229 e. The first-order chi connectivity index (χ1) is 16.8. The van der Waals surface area contributed by atoms with Crippen LogP contribution in [0.5, 0.6) is 0 Å². The number of nitrogens with zero attached hydrogens (tertiary/aromatic N) is 7. The summed E-state index contributed by atoms with van der Waals surface area (Å²) in [5.41, 5.74) is 1.42. The number of rotatable bonds is 6. The highest BCUT2D eigenvalue weighted by atomic mass is 35.5. The van der Waals surface area contributed by atoms with Crippen LogP contribution in [0.25, 0.3) is 5.65 Å². The van der Waals surface area contributed by atoms with Crippen LogP contribution in [-0.2, 0) is 5.60 Å². The van der Waals surface area contributed by atoms with E-state index in [0.29, 0.717) is 28.3 Å². The van der Waals surface area contributed by atoms with Gasteiger partial charge in [-0.25, -0.2) is 9.97 Å². The lowest BCUT2D eigenvalue weighted by Crippen LogP contribution is -2.39. The fourth-order valence-corrected chi connectivity index (χ4v) is 4.28. The zero-order valence-electron chi connectivity index (χ0n) is 19.9. The van der Waals surface area contributed by atoms with Crippen molar-refractivity contribution in [1.82, 2.24) is 29.5 Å². The molecule has 182 valence electrons. The van der Waals surface area contributed by atoms with Gasteiger partial charge in [0.2, 0.25) is 5.95 Å². The van der Waals surface area contributed by atoms with E-state index in [0.717, 1.165) is 43.0 Å². The van der Waals surface area contributed by atoms with Crippen molar-refractivity contribution in [3.8, 4) is 0 Å². The molecule has 0 saturated carbocycles. The van der Waals surface area contributed by atoms with E-state index in [-0.39, 0.29) is 6.04 Å². The molecule has 11 heteroatoms. The van der Waals surface area contributed by atoms with Gasteiger partial charge in [0.1, 0.15) is 16.4 Å². The molecule has 0 unspecified atom stereocenters. The molecule has 10 nitrogen and oxygen atoms in total. The number of aryl methyl sites for hydroxylation is 1. The maximum absolute atomic E-state index is 10.3. The van der Waals surface area contributed by atoms with Crippen molar-refractivity contribution in [2.75, 3.05) is 28.6 Å². The van der Waals surface area contributed by atoms with Crippen LogP contribution in [0, 0.1) is 6.92 Å². The van der Waals surface area contributed by atoms with Gasteiger partial charge in [0.25, 0.3) is 0 Å². The highest BCUT2D eigenvalue weighted by Crippen LogP contribution is 2.26. The fourth-order valence-electron chi connectivity index (χ4n) is 4.14. The molecule has 3 N–H and O–H groups in total. The van der Waals surface area contributed by atoms with Crippen LogP contribution in [0.15, 0.2) is 42.9 Å². The van der Waals surface area contributed by atoms with E-state index in [1.807, 2.05) is 25.3 Å². The summed E-state index contributed by atoms with van der Waals surface area (Å²) >= 11 is 6.40. The number of aliphatic hydroxyl groups is 1. The van der Waals surface area contributed by atoms with E-state index < -0.39 is 5.60 Å². The SMILES string of the molecule is Cc1ccc(N2CCC(Nc3nc(Nc4ccn5c(C(C)(C)O)nnc5c4)ncc3Cl)CC2)nc1. The molecule has 1 saturated heterocycles. The fraction of sp³-hybridized carbons (Fsp3) is 0.375. The van der Waals surface area contributed by atoms with Crippen LogP contribution >= 0.6 is 11.6 Å². The van der Waals surface area contributed by atoms with Crippen LogP contribution in [-0.4, -0.2) is 53.8 Å². The lowest BCUT2D eigenvalue weighted by Gasteiger charge is -2.33. The third-order valence-corrected chi connectivity index (χ3v) is 6.29. The Hall–Kier alpha value is -3.50. The van der Waals surface area contributed by atoms with Crippen molar-refractivity contribution < 1.29 is 5.11 Å². The molecule has 35 heavy (non-hydrogen) atoms. The molecule has 1 aliphatic heterocycles. The largest absolute Gasteiger partial charge is 0.382 e. The summed E-state index contributed by atoms with van der Waals surface area (Å²) in [7, 11) is 0. The van der Waals surface area contributed by atoms with Crippen LogP contribution in [0.2, 0.25) is 5.02 Å². The lowest BCUT2D eigenvalue weighted by atomic mass is 10.0. The van der Waals surface area contributed by atoms with Gasteiger partial charge in [-0.1, -0.05) is 17.7 Å². The second-order valence-electron chi connectivity index (χ2n) is 9.34. The first-order valence-corrected chi connectivity index (χ1v) is 12.0. The maximum Gasteiger partial charge on any atom is 0.229 e. The molecule has 5 heterocycles. The van der Waals surface area contributed by atoms with Gasteiger partial charge in [0.15, 0.2) is 17.3 Å². The molecule has 0 bridgehead atoms. The predicted octanol–water partition coefficient (Wildman–Crippen LogP) is 3.93. The lowest BCUT2D eigenvalue weighted by molar-refractivity contribution is 0.0676. The summed E-state index contributed by atoms with van der Waals surface area (Å²) < 4.78 is 1.75. The van der Waals surface area contributed by atoms with Crippen LogP contribution < -0.4 is 15.5 Å². The number of hydrogen-bond acceptors (Lipinski definition) is 9. The van der Waals surface area contributed by atoms with Crippen LogP contribution in [0.4, 0.5) is 23.3 Å². The number of halogens is 1. The zero-order valence-corrected chi connectivity index (χ0v) is 20.7. The number of fused-ring (bicyclic) bond motifs is 1. The first-order valence-electron chi connectivity index (χ1n) is 11.6. The molecule has 0 aromatic carbocycles. The third-order valence-electron chi connectivity index (χ3n) is 6.01. The highest BCUT2D eigenvalue weighted by Gasteiger charge is 2.23. The van der Waals surface area contributed by atoms with Gasteiger partial charge in [-0.3, -0.25) is 4.40 Å². The molecule has 1 aliphatic rings. The Labute approximate surface area is 208 Å². The Bertz CT molecular complexity index is 1330. The number of pyridine rings is 2. The average Bonchev–Trinajstić information content (AvgIpc) is 3.26. The zero-order chi connectivity index (χ0) is 24.6. The minimum atomic E-state index is -1.10. The van der Waals surface area contributed by atoms with E-state index in [1.54, 1.807) is 30.6 Å². The number of anilines is 4. The number of hydrogen-bond donors (Lipinski definition) is 3. The first kappa shape index (κ1) is 23.3. The second-order valence-corrected chi connectivity index (χ2v) is 9.75. The maximum atomic E-state index is 10.3. The Balaban J connectivity index is 1.25. The molecular formula is C24H28ClN9O. The molecule has 0 aliphatic carbocycles. The van der Waals surface area contributed by atoms with E-state index in [1.165, 1.54) is 0 Å². The van der Waals surface area contributed by atoms with Gasteiger partial charge in [0.05, 0.1) is 6.20 Å². The Morgan fingerprint density at radius 3 is 2.60 bits per heavy atom. The Kier molecular flexibility index (Phi) is 6.16. The predicted molar refractivity (Wildman–Crippen MR) is 136 cm³/mol. The molecule has 0 radical (unpaired) electrons. The molecular weight excluding hydrogens is 466 g/mol. The van der Waals surface area contributed by atoms with Crippen molar-refractivity contribution in [3.05, 3.63) is 59.3 Å². The monoisotopic (exact) mass is 493 g/mol. The van der Waals surface area contributed by atoms with Crippen LogP contribution in [0.1, 0.15) is 38.1 Å². The number of nitrogens with one attached hydrogen (secondary N) is 2. The van der Waals surface area contributed by atoms with E-state index in [9.17, 15) is 5.11 Å². The van der Waals surface area contributed by atoms with E-state index >= 15 is 0 Å². The van der Waals surface area contributed by atoms with Gasteiger partial charge < -0.3 is 20.6 Å². The topological polar surface area (TPSA) is 116 Å². The molecule has 0 spiro atoms. The van der Waals surface area contributed by atoms with E-state index in [2.05, 4.69) is 52.8 Å². The summed E-state index contributed by atoms with van der Waals surface area (Å²) in [4.78, 5) is 15.8. The summed E-state index contributed by atoms with van der Waals surface area (Å²) in [5, 5.41) is 25.7. The molecule has 4 aromatic heterocycles. The standard InChI is InChI=1S/C24H28ClN9O/c1-15-4-5-19(26-13-15)33-9-6-16(7-10-33)28-21-18(25)14-27-23(30-21)29-17-8-11-34-20(12-17)31-32-22(34)24(2,3)35/h4-5,8,11-14,16,35H,6-7,9-10H2,1-3H3,(H2,27,28,29,30). The molecule has 4 aromatic rings. The highest BCUT2D eigenvalue weighted by molar-refractivity contribution is 6.32. The van der Waals surface area contributed by atoms with Crippen molar-refractivity contribution in [2.45, 2.75) is 45.3 Å². The van der Waals surface area contributed by atoms with E-state index in [4.69, 9.17) is 11.6 Å². The van der Waals surface area contributed by atoms with Crippen molar-refractivity contribution in [1.29, 1.82) is 0 Å². The molecule has 0 atom stereocenters. The van der Waals surface area contributed by atoms with Gasteiger partial charge in [-0.2, -0.15) is 4.98 Å².